The molecule has 13 rings (SSSR count). The molecule has 2 aliphatic heterocycles. The van der Waals surface area contributed by atoms with Crippen molar-refractivity contribution in [2.45, 2.75) is 13.8 Å². The first-order valence-corrected chi connectivity index (χ1v) is 22.1. The second-order valence-corrected chi connectivity index (χ2v) is 16.0. The Kier molecular flexibility index (Phi) is 8.87. The zero-order valence-electron chi connectivity index (χ0n) is 35.6. The SMILES string of the molecule is CC.c1ccc(N2c3ccccc3-c3c(n(-c4cccc(-n5c6c(c7cnccc75)-c5ccccc5N(c5ccccc5)c5ccccc5-6)c4)c4ccccc34)-c3ccccc32)cc1. The number of rotatable bonds is 4. The van der Waals surface area contributed by atoms with Crippen LogP contribution in [0.2, 0.25) is 0 Å². The van der Waals surface area contributed by atoms with Crippen LogP contribution in [0.25, 0.3) is 77.9 Å². The lowest BCUT2D eigenvalue weighted by atomic mass is 9.98. The number of fused-ring (bicyclic) bond motifs is 14. The summed E-state index contributed by atoms with van der Waals surface area (Å²) >= 11 is 0. The Balaban J connectivity index is 0.00000214. The summed E-state index contributed by atoms with van der Waals surface area (Å²) in [5, 5.41) is 2.32. The van der Waals surface area contributed by atoms with Crippen LogP contribution in [-0.2, 0) is 0 Å². The van der Waals surface area contributed by atoms with Gasteiger partial charge in [0.05, 0.1) is 45.2 Å². The van der Waals surface area contributed by atoms with Gasteiger partial charge in [0.2, 0.25) is 0 Å². The molecule has 0 unspecified atom stereocenters. The number of nitrogens with zero attached hydrogens (tertiary/aromatic N) is 5. The van der Waals surface area contributed by atoms with Crippen LogP contribution in [0, 0.1) is 0 Å². The van der Waals surface area contributed by atoms with Crippen molar-refractivity contribution >= 4 is 55.9 Å². The van der Waals surface area contributed by atoms with E-state index in [1.54, 1.807) is 0 Å². The van der Waals surface area contributed by atoms with Crippen LogP contribution < -0.4 is 9.80 Å². The summed E-state index contributed by atoms with van der Waals surface area (Å²) in [5.41, 5.74) is 20.6. The van der Waals surface area contributed by atoms with Gasteiger partial charge in [0.1, 0.15) is 0 Å². The van der Waals surface area contributed by atoms with Gasteiger partial charge in [-0.05, 0) is 78.9 Å². The maximum atomic E-state index is 4.75. The van der Waals surface area contributed by atoms with E-state index in [9.17, 15) is 0 Å². The van der Waals surface area contributed by atoms with Crippen LogP contribution in [0.15, 0.2) is 225 Å². The molecule has 0 N–H and O–H groups in total. The summed E-state index contributed by atoms with van der Waals surface area (Å²) in [7, 11) is 0. The molecule has 0 saturated heterocycles. The van der Waals surface area contributed by atoms with Gasteiger partial charge in [0.25, 0.3) is 0 Å². The Labute approximate surface area is 373 Å². The lowest BCUT2D eigenvalue weighted by Gasteiger charge is -2.27. The molecule has 5 heteroatoms. The molecule has 5 nitrogen and oxygen atoms in total. The molecule has 5 heterocycles. The van der Waals surface area contributed by atoms with Crippen LogP contribution in [-0.4, -0.2) is 14.1 Å². The topological polar surface area (TPSA) is 29.2 Å². The van der Waals surface area contributed by atoms with Gasteiger partial charge in [-0.15, -0.1) is 0 Å². The molecular formula is C59H43N5. The number of para-hydroxylation sites is 7. The highest BCUT2D eigenvalue weighted by Gasteiger charge is 2.33. The fourth-order valence-corrected chi connectivity index (χ4v) is 10.2. The van der Waals surface area contributed by atoms with Gasteiger partial charge in [-0.3, -0.25) is 4.98 Å². The number of benzene rings is 8. The van der Waals surface area contributed by atoms with Gasteiger partial charge in [0.15, 0.2) is 0 Å². The molecule has 0 fully saturated rings. The molecule has 0 aliphatic carbocycles. The summed E-state index contributed by atoms with van der Waals surface area (Å²) in [6.45, 7) is 4.00. The minimum Gasteiger partial charge on any atom is -0.309 e. The number of aromatic nitrogens is 3. The predicted octanol–water partition coefficient (Wildman–Crippen LogP) is 16.2. The van der Waals surface area contributed by atoms with E-state index in [4.69, 9.17) is 4.98 Å². The Morgan fingerprint density at radius 2 is 0.719 bits per heavy atom. The standard InChI is InChI=1S/C57H37N5.C2H6/c1-3-18-38(19-4-1)59-48-29-12-7-24-42(48)54-44-26-9-14-31-50(44)61(56(54)45-27-10-15-32-51(45)59)40-22-17-23-41(36-40)62-53-34-35-58-37-47(53)55-43-25-8-13-30-49(43)60(39-20-5-2-6-21-39)52-33-16-11-28-46(52)57(55)62;1-2/h1-37H;1-2H3. The molecule has 8 aromatic carbocycles. The highest BCUT2D eigenvalue weighted by molar-refractivity contribution is 6.14. The van der Waals surface area contributed by atoms with Crippen LogP contribution in [0.3, 0.4) is 0 Å². The highest BCUT2D eigenvalue weighted by atomic mass is 15.2. The van der Waals surface area contributed by atoms with Gasteiger partial charge in [-0.25, -0.2) is 0 Å². The summed E-state index contributed by atoms with van der Waals surface area (Å²) in [6.07, 6.45) is 3.96. The molecule has 2 aliphatic rings. The van der Waals surface area contributed by atoms with E-state index in [2.05, 4.69) is 231 Å². The molecular weight excluding hydrogens is 779 g/mol. The monoisotopic (exact) mass is 821 g/mol. The summed E-state index contributed by atoms with van der Waals surface area (Å²) in [6, 6.07) is 77.0. The Hall–Kier alpha value is -8.41. The smallest absolute Gasteiger partial charge is 0.0641 e. The van der Waals surface area contributed by atoms with E-state index in [1.165, 1.54) is 33.3 Å². The maximum absolute atomic E-state index is 4.75. The average Bonchev–Trinajstić information content (AvgIpc) is 3.81. The molecule has 0 amide bonds. The van der Waals surface area contributed by atoms with Crippen LogP contribution in [0.4, 0.5) is 34.1 Å². The second-order valence-electron chi connectivity index (χ2n) is 16.0. The van der Waals surface area contributed by atoms with Crippen molar-refractivity contribution < 1.29 is 0 Å². The Morgan fingerprint density at radius 3 is 1.25 bits per heavy atom. The molecule has 304 valence electrons. The van der Waals surface area contributed by atoms with E-state index in [0.717, 1.165) is 78.7 Å². The predicted molar refractivity (Wildman–Crippen MR) is 267 cm³/mol. The summed E-state index contributed by atoms with van der Waals surface area (Å²) < 4.78 is 4.95. The summed E-state index contributed by atoms with van der Waals surface area (Å²) in [4.78, 5) is 9.57. The first-order valence-electron chi connectivity index (χ1n) is 22.1. The fourth-order valence-electron chi connectivity index (χ4n) is 10.2. The molecule has 0 saturated carbocycles. The lowest BCUT2D eigenvalue weighted by Crippen LogP contribution is -2.11. The average molecular weight is 822 g/mol. The van der Waals surface area contributed by atoms with Crippen LogP contribution in [0.1, 0.15) is 13.8 Å². The van der Waals surface area contributed by atoms with Crippen LogP contribution in [0.5, 0.6) is 0 Å². The molecule has 11 aromatic rings. The number of hydrogen-bond acceptors (Lipinski definition) is 3. The minimum atomic E-state index is 1.07. The lowest BCUT2D eigenvalue weighted by molar-refractivity contribution is 1.09. The third kappa shape index (κ3) is 5.54. The quantitative estimate of drug-likeness (QED) is 0.177. The third-order valence-electron chi connectivity index (χ3n) is 12.6. The van der Waals surface area contributed by atoms with Crippen molar-refractivity contribution in [3.05, 3.63) is 225 Å². The van der Waals surface area contributed by atoms with Gasteiger partial charge >= 0.3 is 0 Å². The normalized spacial score (nSPS) is 12.2. The van der Waals surface area contributed by atoms with Gasteiger partial charge < -0.3 is 18.9 Å². The van der Waals surface area contributed by atoms with E-state index in [0.29, 0.717) is 0 Å². The van der Waals surface area contributed by atoms with E-state index < -0.39 is 0 Å². The molecule has 0 radical (unpaired) electrons. The van der Waals surface area contributed by atoms with Crippen molar-refractivity contribution in [3.8, 4) is 56.1 Å². The molecule has 64 heavy (non-hydrogen) atoms. The van der Waals surface area contributed by atoms with Crippen molar-refractivity contribution in [3.63, 3.8) is 0 Å². The number of anilines is 6. The number of hydrogen-bond donors (Lipinski definition) is 0. The third-order valence-corrected chi connectivity index (χ3v) is 12.6. The first kappa shape index (κ1) is 37.4. The van der Waals surface area contributed by atoms with Crippen molar-refractivity contribution in [1.82, 2.24) is 14.1 Å². The molecule has 3 aromatic heterocycles. The van der Waals surface area contributed by atoms with E-state index in [1.807, 2.05) is 26.2 Å². The highest BCUT2D eigenvalue weighted by Crippen LogP contribution is 2.56. The van der Waals surface area contributed by atoms with Crippen molar-refractivity contribution in [2.24, 2.45) is 0 Å². The molecule has 0 atom stereocenters. The van der Waals surface area contributed by atoms with Gasteiger partial charge in [0, 0.05) is 79.3 Å². The first-order chi connectivity index (χ1) is 31.8. The van der Waals surface area contributed by atoms with Gasteiger partial charge in [-0.1, -0.05) is 147 Å². The summed E-state index contributed by atoms with van der Waals surface area (Å²) in [5.74, 6) is 0. The van der Waals surface area contributed by atoms with Crippen molar-refractivity contribution in [1.29, 1.82) is 0 Å². The van der Waals surface area contributed by atoms with Gasteiger partial charge in [-0.2, -0.15) is 0 Å². The zero-order chi connectivity index (χ0) is 42.7. The Morgan fingerprint density at radius 1 is 0.328 bits per heavy atom. The maximum Gasteiger partial charge on any atom is 0.0641 e. The van der Waals surface area contributed by atoms with Crippen molar-refractivity contribution in [2.75, 3.05) is 9.80 Å². The van der Waals surface area contributed by atoms with E-state index >= 15 is 0 Å². The van der Waals surface area contributed by atoms with E-state index in [-0.39, 0.29) is 0 Å². The largest absolute Gasteiger partial charge is 0.309 e. The Bertz CT molecular complexity index is 3310. The zero-order valence-corrected chi connectivity index (χ0v) is 35.6. The second kappa shape index (κ2) is 15.2. The molecule has 0 spiro atoms. The minimum absolute atomic E-state index is 1.07. The molecule has 0 bridgehead atoms. The number of pyridine rings is 1. The van der Waals surface area contributed by atoms with Crippen LogP contribution >= 0.6 is 0 Å². The fraction of sp³-hybridized carbons (Fsp3) is 0.0339.